The fourth-order valence-electron chi connectivity index (χ4n) is 2.01. The van der Waals surface area contributed by atoms with Gasteiger partial charge in [0.1, 0.15) is 11.5 Å². The van der Waals surface area contributed by atoms with Crippen LogP contribution in [0.25, 0.3) is 0 Å². The Morgan fingerprint density at radius 1 is 1.14 bits per heavy atom. The van der Waals surface area contributed by atoms with Crippen molar-refractivity contribution >= 4 is 5.69 Å². The molecule has 0 aliphatic carbocycles. The van der Waals surface area contributed by atoms with E-state index in [0.717, 1.165) is 0 Å². The highest BCUT2D eigenvalue weighted by atomic mass is 16.7. The summed E-state index contributed by atoms with van der Waals surface area (Å²) in [7, 11) is 0. The third-order valence-corrected chi connectivity index (χ3v) is 3.00. The Hall–Kier alpha value is -2.80. The lowest BCUT2D eigenvalue weighted by molar-refractivity contribution is -0.385. The molecule has 3 rings (SSSR count). The predicted octanol–water partition coefficient (Wildman–Crippen LogP) is 2.61. The Balaban J connectivity index is 1.86. The lowest BCUT2D eigenvalue weighted by Gasteiger charge is -2.08. The number of benzene rings is 2. The molecule has 1 N–H and O–H groups in total. The number of aliphatic hydroxyl groups excluding tert-OH is 1. The molecule has 1 aliphatic rings. The van der Waals surface area contributed by atoms with Gasteiger partial charge in [0.2, 0.25) is 6.79 Å². The van der Waals surface area contributed by atoms with E-state index in [0.29, 0.717) is 23.0 Å². The Kier molecular flexibility index (Phi) is 3.33. The van der Waals surface area contributed by atoms with E-state index >= 15 is 0 Å². The number of nitrogens with zero attached hydrogens (tertiary/aromatic N) is 1. The van der Waals surface area contributed by atoms with Gasteiger partial charge >= 0.3 is 0 Å². The van der Waals surface area contributed by atoms with Crippen molar-refractivity contribution in [2.45, 2.75) is 6.61 Å². The lowest BCUT2D eigenvalue weighted by Crippen LogP contribution is -1.96. The SMILES string of the molecule is O=[N+]([O-])c1ccc(Oc2ccc3c(c2)OCO3)cc1CO. The molecule has 2 aromatic carbocycles. The van der Waals surface area contributed by atoms with Crippen LogP contribution in [0.1, 0.15) is 5.56 Å². The highest BCUT2D eigenvalue weighted by Crippen LogP contribution is 2.37. The zero-order valence-electron chi connectivity index (χ0n) is 10.8. The van der Waals surface area contributed by atoms with E-state index in [1.54, 1.807) is 18.2 Å². The second kappa shape index (κ2) is 5.29. The molecule has 0 fully saturated rings. The maximum Gasteiger partial charge on any atom is 0.275 e. The quantitative estimate of drug-likeness (QED) is 0.687. The monoisotopic (exact) mass is 289 g/mol. The van der Waals surface area contributed by atoms with Crippen molar-refractivity contribution in [1.29, 1.82) is 0 Å². The van der Waals surface area contributed by atoms with Gasteiger partial charge in [0, 0.05) is 12.1 Å². The molecule has 1 aliphatic heterocycles. The lowest BCUT2D eigenvalue weighted by atomic mass is 10.2. The molecule has 2 aromatic rings. The van der Waals surface area contributed by atoms with Gasteiger partial charge in [-0.1, -0.05) is 0 Å². The first kappa shape index (κ1) is 13.2. The summed E-state index contributed by atoms with van der Waals surface area (Å²) >= 11 is 0. The topological polar surface area (TPSA) is 91.1 Å². The zero-order chi connectivity index (χ0) is 14.8. The van der Waals surface area contributed by atoms with Crippen LogP contribution in [0.5, 0.6) is 23.0 Å². The van der Waals surface area contributed by atoms with Crippen LogP contribution in [0.15, 0.2) is 36.4 Å². The highest BCUT2D eigenvalue weighted by Gasteiger charge is 2.16. The Labute approximate surface area is 119 Å². The summed E-state index contributed by atoms with van der Waals surface area (Å²) in [6.07, 6.45) is 0. The summed E-state index contributed by atoms with van der Waals surface area (Å²) in [5.74, 6) is 2.12. The number of nitro benzene ring substituents is 1. The van der Waals surface area contributed by atoms with Crippen LogP contribution >= 0.6 is 0 Å². The first-order chi connectivity index (χ1) is 10.2. The third kappa shape index (κ3) is 2.59. The molecule has 7 nitrogen and oxygen atoms in total. The normalized spacial score (nSPS) is 12.2. The van der Waals surface area contributed by atoms with E-state index in [4.69, 9.17) is 14.2 Å². The predicted molar refractivity (Wildman–Crippen MR) is 71.7 cm³/mol. The van der Waals surface area contributed by atoms with E-state index in [1.807, 2.05) is 0 Å². The Bertz CT molecular complexity index is 700. The summed E-state index contributed by atoms with van der Waals surface area (Å²) in [5.41, 5.74) is 0.0498. The molecular formula is C14H11NO6. The van der Waals surface area contributed by atoms with Crippen molar-refractivity contribution in [3.8, 4) is 23.0 Å². The van der Waals surface area contributed by atoms with Gasteiger partial charge in [-0.3, -0.25) is 10.1 Å². The van der Waals surface area contributed by atoms with E-state index in [1.165, 1.54) is 18.2 Å². The van der Waals surface area contributed by atoms with Crippen molar-refractivity contribution < 1.29 is 24.2 Å². The Morgan fingerprint density at radius 3 is 2.62 bits per heavy atom. The van der Waals surface area contributed by atoms with Gasteiger partial charge in [-0.15, -0.1) is 0 Å². The molecule has 0 bridgehead atoms. The first-order valence-corrected chi connectivity index (χ1v) is 6.13. The molecule has 0 saturated heterocycles. The summed E-state index contributed by atoms with van der Waals surface area (Å²) in [4.78, 5) is 10.3. The molecule has 7 heteroatoms. The van der Waals surface area contributed by atoms with Crippen LogP contribution in [0.3, 0.4) is 0 Å². The van der Waals surface area contributed by atoms with Crippen molar-refractivity contribution in [2.75, 3.05) is 6.79 Å². The number of ether oxygens (including phenoxy) is 3. The molecule has 0 aromatic heterocycles. The fraction of sp³-hybridized carbons (Fsp3) is 0.143. The molecule has 0 saturated carbocycles. The van der Waals surface area contributed by atoms with Crippen LogP contribution in [-0.2, 0) is 6.61 Å². The van der Waals surface area contributed by atoms with Crippen LogP contribution in [0.2, 0.25) is 0 Å². The summed E-state index contributed by atoms with van der Waals surface area (Å²) < 4.78 is 16.0. The zero-order valence-corrected chi connectivity index (χ0v) is 10.8. The first-order valence-electron chi connectivity index (χ1n) is 6.13. The molecule has 108 valence electrons. The molecule has 0 spiro atoms. The smallest absolute Gasteiger partial charge is 0.275 e. The molecule has 0 atom stereocenters. The second-order valence-electron chi connectivity index (χ2n) is 4.32. The minimum Gasteiger partial charge on any atom is -0.457 e. The van der Waals surface area contributed by atoms with Gasteiger partial charge in [-0.2, -0.15) is 0 Å². The fourth-order valence-corrected chi connectivity index (χ4v) is 2.01. The maximum atomic E-state index is 10.8. The minimum atomic E-state index is -0.546. The Morgan fingerprint density at radius 2 is 1.86 bits per heavy atom. The van der Waals surface area contributed by atoms with Crippen LogP contribution in [0.4, 0.5) is 5.69 Å². The van der Waals surface area contributed by atoms with E-state index in [2.05, 4.69) is 0 Å². The molecular weight excluding hydrogens is 278 g/mol. The van der Waals surface area contributed by atoms with E-state index < -0.39 is 11.5 Å². The largest absolute Gasteiger partial charge is 0.457 e. The van der Waals surface area contributed by atoms with Crippen molar-refractivity contribution in [1.82, 2.24) is 0 Å². The number of fused-ring (bicyclic) bond motifs is 1. The van der Waals surface area contributed by atoms with E-state index in [9.17, 15) is 15.2 Å². The summed E-state index contributed by atoms with van der Waals surface area (Å²) in [6.45, 7) is -0.264. The van der Waals surface area contributed by atoms with Gasteiger partial charge in [0.15, 0.2) is 11.5 Å². The number of hydrogen-bond acceptors (Lipinski definition) is 6. The molecule has 0 amide bonds. The van der Waals surface area contributed by atoms with Crippen LogP contribution in [0, 0.1) is 10.1 Å². The third-order valence-electron chi connectivity index (χ3n) is 3.00. The molecule has 21 heavy (non-hydrogen) atoms. The molecule has 1 heterocycles. The number of nitro groups is 1. The average molecular weight is 289 g/mol. The maximum absolute atomic E-state index is 10.8. The number of hydrogen-bond donors (Lipinski definition) is 1. The second-order valence-corrected chi connectivity index (χ2v) is 4.32. The van der Waals surface area contributed by atoms with Crippen molar-refractivity contribution in [3.05, 3.63) is 52.1 Å². The average Bonchev–Trinajstić information content (AvgIpc) is 2.94. The van der Waals surface area contributed by atoms with Gasteiger partial charge in [-0.05, 0) is 24.3 Å². The van der Waals surface area contributed by atoms with Crippen LogP contribution in [-0.4, -0.2) is 16.8 Å². The molecule has 0 radical (unpaired) electrons. The van der Waals surface area contributed by atoms with Crippen molar-refractivity contribution in [3.63, 3.8) is 0 Å². The molecule has 0 unspecified atom stereocenters. The van der Waals surface area contributed by atoms with Crippen LogP contribution < -0.4 is 14.2 Å². The van der Waals surface area contributed by atoms with E-state index in [-0.39, 0.29) is 18.0 Å². The summed E-state index contributed by atoms with van der Waals surface area (Å²) in [6, 6.07) is 9.30. The van der Waals surface area contributed by atoms with Gasteiger partial charge in [0.05, 0.1) is 17.1 Å². The minimum absolute atomic E-state index is 0.143. The highest BCUT2D eigenvalue weighted by molar-refractivity contribution is 5.50. The summed E-state index contributed by atoms with van der Waals surface area (Å²) in [5, 5.41) is 20.0. The standard InChI is InChI=1S/C14H11NO6/c16-7-9-5-10(1-3-12(9)15(17)18)21-11-2-4-13-14(6-11)20-8-19-13/h1-6,16H,7-8H2. The number of rotatable bonds is 4. The van der Waals surface area contributed by atoms with Gasteiger partial charge < -0.3 is 19.3 Å². The van der Waals surface area contributed by atoms with Gasteiger partial charge in [-0.25, -0.2) is 0 Å². The number of aliphatic hydroxyl groups is 1. The van der Waals surface area contributed by atoms with Gasteiger partial charge in [0.25, 0.3) is 5.69 Å². The van der Waals surface area contributed by atoms with Crippen molar-refractivity contribution in [2.24, 2.45) is 0 Å².